The van der Waals surface area contributed by atoms with Crippen LogP contribution >= 0.6 is 0 Å². The first-order valence-electron chi connectivity index (χ1n) is 3.79. The van der Waals surface area contributed by atoms with E-state index in [9.17, 15) is 4.79 Å². The highest BCUT2D eigenvalue weighted by Gasteiger charge is 1.95. The third-order valence-corrected chi connectivity index (χ3v) is 1.46. The molecule has 3 heteroatoms. The summed E-state index contributed by atoms with van der Waals surface area (Å²) in [4.78, 5) is 15.3. The first-order valence-corrected chi connectivity index (χ1v) is 3.79. The summed E-state index contributed by atoms with van der Waals surface area (Å²) in [5.74, 6) is 0.519. The zero-order chi connectivity index (χ0) is 9.68. The van der Waals surface area contributed by atoms with Crippen LogP contribution < -0.4 is 5.56 Å². The van der Waals surface area contributed by atoms with Gasteiger partial charge in [0.2, 0.25) is 0 Å². The molecule has 0 radical (unpaired) electrons. The zero-order valence-corrected chi connectivity index (χ0v) is 7.18. The predicted molar refractivity (Wildman–Crippen MR) is 54.1 cm³/mol. The Kier molecular flexibility index (Phi) is 2.97. The molecule has 0 unspecified atom stereocenters. The Morgan fingerprint density at radius 2 is 2.23 bits per heavy atom. The van der Waals surface area contributed by atoms with Crippen LogP contribution in [-0.2, 0) is 0 Å². The van der Waals surface area contributed by atoms with Crippen LogP contribution in [0.25, 0.3) is 12.3 Å². The van der Waals surface area contributed by atoms with Gasteiger partial charge in [0.15, 0.2) is 0 Å². The molecule has 0 aliphatic carbocycles. The van der Waals surface area contributed by atoms with E-state index in [4.69, 9.17) is 0 Å². The summed E-state index contributed by atoms with van der Waals surface area (Å²) in [6.45, 7) is 7.07. The van der Waals surface area contributed by atoms with Crippen molar-refractivity contribution in [1.29, 1.82) is 0 Å². The van der Waals surface area contributed by atoms with Crippen molar-refractivity contribution in [1.82, 2.24) is 9.55 Å². The number of nitrogens with zero attached hydrogens (tertiary/aromatic N) is 2. The fourth-order valence-electron chi connectivity index (χ4n) is 0.881. The molecule has 1 aromatic heterocycles. The van der Waals surface area contributed by atoms with E-state index in [1.165, 1.54) is 22.9 Å². The van der Waals surface area contributed by atoms with Crippen molar-refractivity contribution in [3.63, 3.8) is 0 Å². The normalized spacial score (nSPS) is 10.2. The Bertz CT molecular complexity index is 402. The molecule has 0 fully saturated rings. The van der Waals surface area contributed by atoms with Gasteiger partial charge in [-0.05, 0) is 12.2 Å². The Labute approximate surface area is 76.4 Å². The van der Waals surface area contributed by atoms with Crippen LogP contribution in [0.4, 0.5) is 0 Å². The van der Waals surface area contributed by atoms with Crippen molar-refractivity contribution >= 4 is 12.3 Å². The van der Waals surface area contributed by atoms with Crippen LogP contribution in [-0.4, -0.2) is 9.55 Å². The molecule has 0 aliphatic rings. The van der Waals surface area contributed by atoms with E-state index in [1.807, 2.05) is 0 Å². The Hall–Kier alpha value is -1.90. The van der Waals surface area contributed by atoms with Gasteiger partial charge in [-0.3, -0.25) is 9.36 Å². The first kappa shape index (κ1) is 9.19. The van der Waals surface area contributed by atoms with E-state index in [0.717, 1.165) is 0 Å². The highest BCUT2D eigenvalue weighted by atomic mass is 16.1. The molecule has 0 N–H and O–H groups in total. The molecule has 0 atom stereocenters. The summed E-state index contributed by atoms with van der Waals surface area (Å²) in [6, 6.07) is 1.39. The van der Waals surface area contributed by atoms with Gasteiger partial charge in [0, 0.05) is 18.5 Å². The van der Waals surface area contributed by atoms with E-state index in [0.29, 0.717) is 5.82 Å². The number of aromatic nitrogens is 2. The number of allylic oxidation sites excluding steroid dienone is 2. The van der Waals surface area contributed by atoms with Gasteiger partial charge in [-0.2, -0.15) is 0 Å². The summed E-state index contributed by atoms with van der Waals surface area (Å²) in [5.41, 5.74) is -0.136. The molecule has 13 heavy (non-hydrogen) atoms. The lowest BCUT2D eigenvalue weighted by Crippen LogP contribution is -2.17. The molecule has 0 saturated heterocycles. The molecule has 0 amide bonds. The van der Waals surface area contributed by atoms with Crippen LogP contribution in [0, 0.1) is 0 Å². The molecule has 0 saturated carbocycles. The summed E-state index contributed by atoms with van der Waals surface area (Å²) in [6.07, 6.45) is 7.83. The van der Waals surface area contributed by atoms with E-state index in [-0.39, 0.29) is 5.56 Å². The van der Waals surface area contributed by atoms with E-state index in [2.05, 4.69) is 18.1 Å². The Balaban J connectivity index is 3.30. The lowest BCUT2D eigenvalue weighted by atomic mass is 10.5. The van der Waals surface area contributed by atoms with Crippen LogP contribution in [0.1, 0.15) is 5.82 Å². The SMILES string of the molecule is C=C/C=C\n1c(C=C)nccc1=O. The monoisotopic (exact) mass is 174 g/mol. The molecule has 66 valence electrons. The molecule has 0 aliphatic heterocycles. The van der Waals surface area contributed by atoms with Gasteiger partial charge in [-0.25, -0.2) is 4.98 Å². The minimum atomic E-state index is -0.136. The minimum absolute atomic E-state index is 0.136. The molecule has 3 nitrogen and oxygen atoms in total. The second kappa shape index (κ2) is 4.21. The largest absolute Gasteiger partial charge is 0.269 e. The van der Waals surface area contributed by atoms with E-state index < -0.39 is 0 Å². The van der Waals surface area contributed by atoms with Crippen molar-refractivity contribution in [2.45, 2.75) is 0 Å². The maximum atomic E-state index is 11.3. The average Bonchev–Trinajstić information content (AvgIpc) is 2.15. The fourth-order valence-corrected chi connectivity index (χ4v) is 0.881. The number of hydrogen-bond acceptors (Lipinski definition) is 2. The maximum Gasteiger partial charge on any atom is 0.257 e. The van der Waals surface area contributed by atoms with Crippen LogP contribution in [0.2, 0.25) is 0 Å². The second-order valence-corrected chi connectivity index (χ2v) is 2.29. The molecular weight excluding hydrogens is 164 g/mol. The van der Waals surface area contributed by atoms with Crippen LogP contribution in [0.5, 0.6) is 0 Å². The summed E-state index contributed by atoms with van der Waals surface area (Å²) in [7, 11) is 0. The summed E-state index contributed by atoms with van der Waals surface area (Å²) < 4.78 is 1.40. The molecule has 0 spiro atoms. The Morgan fingerprint density at radius 3 is 2.85 bits per heavy atom. The second-order valence-electron chi connectivity index (χ2n) is 2.29. The molecule has 0 bridgehead atoms. The minimum Gasteiger partial charge on any atom is -0.269 e. The standard InChI is InChI=1S/C10H10N2O/c1-3-5-8-12-9(4-2)11-7-6-10(12)13/h3-8H,1-2H2/b8-5-. The fraction of sp³-hybridized carbons (Fsp3) is 0. The summed E-state index contributed by atoms with van der Waals surface area (Å²) in [5, 5.41) is 0. The average molecular weight is 174 g/mol. The lowest BCUT2D eigenvalue weighted by molar-refractivity contribution is 0.966. The maximum absolute atomic E-state index is 11.3. The van der Waals surface area contributed by atoms with Gasteiger partial charge < -0.3 is 0 Å². The third kappa shape index (κ3) is 2.02. The Morgan fingerprint density at radius 1 is 1.46 bits per heavy atom. The van der Waals surface area contributed by atoms with Crippen molar-refractivity contribution < 1.29 is 0 Å². The number of hydrogen-bond donors (Lipinski definition) is 0. The lowest BCUT2D eigenvalue weighted by Gasteiger charge is -2.00. The molecular formula is C10H10N2O. The number of rotatable bonds is 3. The quantitative estimate of drug-likeness (QED) is 0.651. The van der Waals surface area contributed by atoms with Crippen molar-refractivity contribution in [2.24, 2.45) is 0 Å². The van der Waals surface area contributed by atoms with Crippen molar-refractivity contribution in [2.75, 3.05) is 0 Å². The third-order valence-electron chi connectivity index (χ3n) is 1.46. The first-order chi connectivity index (χ1) is 6.29. The van der Waals surface area contributed by atoms with E-state index in [1.54, 1.807) is 18.4 Å². The molecule has 1 heterocycles. The van der Waals surface area contributed by atoms with E-state index >= 15 is 0 Å². The zero-order valence-electron chi connectivity index (χ0n) is 7.18. The van der Waals surface area contributed by atoms with Gasteiger partial charge in [0.1, 0.15) is 5.82 Å². The smallest absolute Gasteiger partial charge is 0.257 e. The van der Waals surface area contributed by atoms with Gasteiger partial charge in [-0.15, -0.1) is 0 Å². The van der Waals surface area contributed by atoms with Crippen molar-refractivity contribution in [3.05, 3.63) is 53.8 Å². The van der Waals surface area contributed by atoms with Gasteiger partial charge in [-0.1, -0.05) is 19.2 Å². The highest BCUT2D eigenvalue weighted by molar-refractivity contribution is 5.42. The topological polar surface area (TPSA) is 34.9 Å². The van der Waals surface area contributed by atoms with Gasteiger partial charge in [0.05, 0.1) is 0 Å². The molecule has 1 rings (SSSR count). The van der Waals surface area contributed by atoms with Crippen LogP contribution in [0.15, 0.2) is 42.4 Å². The predicted octanol–water partition coefficient (Wildman–Crippen LogP) is 1.54. The highest BCUT2D eigenvalue weighted by Crippen LogP contribution is 1.93. The molecule has 1 aromatic rings. The van der Waals surface area contributed by atoms with Gasteiger partial charge in [0.25, 0.3) is 5.56 Å². The van der Waals surface area contributed by atoms with Crippen molar-refractivity contribution in [3.8, 4) is 0 Å². The summed E-state index contributed by atoms with van der Waals surface area (Å²) >= 11 is 0. The molecule has 0 aromatic carbocycles. The van der Waals surface area contributed by atoms with Crippen LogP contribution in [0.3, 0.4) is 0 Å². The van der Waals surface area contributed by atoms with Gasteiger partial charge >= 0.3 is 0 Å².